The Kier molecular flexibility index (Phi) is 5.05. The molecule has 1 aromatic rings. The Balaban J connectivity index is 2.59. The van der Waals surface area contributed by atoms with Crippen LogP contribution in [0.15, 0.2) is 29.4 Å². The number of ether oxygens (including phenoxy) is 1. The lowest BCUT2D eigenvalue weighted by Crippen LogP contribution is -2.00. The molecule has 0 saturated heterocycles. The molecule has 0 bridgehead atoms. The molecule has 0 aliphatic rings. The number of oxime groups is 1. The second-order valence-corrected chi connectivity index (χ2v) is 3.06. The molecule has 0 radical (unpaired) electrons. The van der Waals surface area contributed by atoms with E-state index in [9.17, 15) is 4.79 Å². The second-order valence-electron chi connectivity index (χ2n) is 3.06. The fourth-order valence-corrected chi connectivity index (χ4v) is 1.22. The maximum atomic E-state index is 11.6. The van der Waals surface area contributed by atoms with Gasteiger partial charge in [-0.15, -0.1) is 0 Å². The van der Waals surface area contributed by atoms with Gasteiger partial charge in [-0.3, -0.25) is 4.79 Å². The summed E-state index contributed by atoms with van der Waals surface area (Å²) >= 11 is 0. The summed E-state index contributed by atoms with van der Waals surface area (Å²) in [5.74, 6) is 0.772. The van der Waals surface area contributed by atoms with E-state index in [0.717, 1.165) is 5.75 Å². The minimum absolute atomic E-state index is 0.00356. The van der Waals surface area contributed by atoms with E-state index in [1.807, 2.05) is 6.92 Å². The highest BCUT2D eigenvalue weighted by Crippen LogP contribution is 2.13. The van der Waals surface area contributed by atoms with Crippen molar-refractivity contribution < 1.29 is 14.4 Å². The number of ketones is 1. The molecule has 4 nitrogen and oxygen atoms in total. The summed E-state index contributed by atoms with van der Waals surface area (Å²) in [6, 6.07) is 7.05. The van der Waals surface area contributed by atoms with E-state index in [2.05, 4.69) is 9.99 Å². The van der Waals surface area contributed by atoms with Crippen molar-refractivity contribution in [2.24, 2.45) is 5.16 Å². The van der Waals surface area contributed by atoms with E-state index in [0.29, 0.717) is 12.2 Å². The summed E-state index contributed by atoms with van der Waals surface area (Å²) in [5.41, 5.74) is 0.644. The predicted octanol–water partition coefficient (Wildman–Crippen LogP) is 2.29. The summed E-state index contributed by atoms with van der Waals surface area (Å²) in [5, 5.41) is 3.51. The molecule has 0 unspecified atom stereocenters. The number of carbonyl (C=O) groups excluding carboxylic acids is 1. The lowest BCUT2D eigenvalue weighted by atomic mass is 10.1. The van der Waals surface area contributed by atoms with Crippen LogP contribution in [-0.2, 0) is 4.84 Å². The largest absolute Gasteiger partial charge is 0.494 e. The maximum absolute atomic E-state index is 11.6. The summed E-state index contributed by atoms with van der Waals surface area (Å²) in [6.45, 7) is 2.54. The lowest BCUT2D eigenvalue weighted by molar-refractivity contribution is 0.1000. The maximum Gasteiger partial charge on any atom is 0.168 e. The summed E-state index contributed by atoms with van der Waals surface area (Å²) in [4.78, 5) is 16.1. The third-order valence-corrected chi connectivity index (χ3v) is 1.94. The zero-order chi connectivity index (χ0) is 11.8. The van der Waals surface area contributed by atoms with Crippen molar-refractivity contribution >= 4 is 12.0 Å². The standard InChI is InChI=1S/C12H15NO3/c1-3-16-11-6-4-10(5-7-11)12(14)8-9-13-15-2/h4-7,9H,3,8H2,1-2H3/b13-9+. The number of benzene rings is 1. The monoisotopic (exact) mass is 221 g/mol. The van der Waals surface area contributed by atoms with Gasteiger partial charge in [0.15, 0.2) is 5.78 Å². The minimum atomic E-state index is 0.00356. The van der Waals surface area contributed by atoms with Gasteiger partial charge in [0.1, 0.15) is 12.9 Å². The molecule has 1 aromatic carbocycles. The van der Waals surface area contributed by atoms with Gasteiger partial charge >= 0.3 is 0 Å². The average molecular weight is 221 g/mol. The molecule has 0 N–H and O–H groups in total. The Morgan fingerprint density at radius 2 is 2.06 bits per heavy atom. The quantitative estimate of drug-likeness (QED) is 0.420. The van der Waals surface area contributed by atoms with E-state index in [4.69, 9.17) is 4.74 Å². The van der Waals surface area contributed by atoms with Crippen LogP contribution in [0.25, 0.3) is 0 Å². The van der Waals surface area contributed by atoms with Crippen LogP contribution in [0, 0.1) is 0 Å². The summed E-state index contributed by atoms with van der Waals surface area (Å²) in [6.07, 6.45) is 1.68. The Bertz CT molecular complexity index is 357. The number of Topliss-reactive ketones (excluding diaryl/α,β-unsaturated/α-hetero) is 1. The van der Waals surface area contributed by atoms with Crippen molar-refractivity contribution in [1.82, 2.24) is 0 Å². The van der Waals surface area contributed by atoms with Crippen molar-refractivity contribution in [2.45, 2.75) is 13.3 Å². The van der Waals surface area contributed by atoms with Gasteiger partial charge in [-0.2, -0.15) is 0 Å². The van der Waals surface area contributed by atoms with E-state index < -0.39 is 0 Å². The van der Waals surface area contributed by atoms with Crippen molar-refractivity contribution in [3.05, 3.63) is 29.8 Å². The van der Waals surface area contributed by atoms with Crippen LogP contribution in [0.2, 0.25) is 0 Å². The highest BCUT2D eigenvalue weighted by Gasteiger charge is 2.04. The van der Waals surface area contributed by atoms with Crippen molar-refractivity contribution in [3.8, 4) is 5.75 Å². The number of nitrogens with zero attached hydrogens (tertiary/aromatic N) is 1. The van der Waals surface area contributed by atoms with E-state index >= 15 is 0 Å². The van der Waals surface area contributed by atoms with E-state index in [1.54, 1.807) is 24.3 Å². The number of hydrogen-bond acceptors (Lipinski definition) is 4. The Labute approximate surface area is 94.9 Å². The molecule has 0 amide bonds. The van der Waals surface area contributed by atoms with Gasteiger partial charge in [-0.25, -0.2) is 0 Å². The summed E-state index contributed by atoms with van der Waals surface area (Å²) in [7, 11) is 1.44. The van der Waals surface area contributed by atoms with E-state index in [1.165, 1.54) is 13.3 Å². The molecule has 0 heterocycles. The fourth-order valence-electron chi connectivity index (χ4n) is 1.22. The second kappa shape index (κ2) is 6.61. The topological polar surface area (TPSA) is 47.9 Å². The zero-order valence-corrected chi connectivity index (χ0v) is 9.47. The third kappa shape index (κ3) is 3.73. The number of carbonyl (C=O) groups is 1. The van der Waals surface area contributed by atoms with Crippen LogP contribution >= 0.6 is 0 Å². The van der Waals surface area contributed by atoms with Gasteiger partial charge in [-0.1, -0.05) is 5.16 Å². The molecule has 86 valence electrons. The fraction of sp³-hybridized carbons (Fsp3) is 0.333. The first-order valence-electron chi connectivity index (χ1n) is 5.09. The molecular weight excluding hydrogens is 206 g/mol. The van der Waals surface area contributed by atoms with Crippen LogP contribution in [0.4, 0.5) is 0 Å². The van der Waals surface area contributed by atoms with Crippen molar-refractivity contribution in [3.63, 3.8) is 0 Å². The molecular formula is C12H15NO3. The van der Waals surface area contributed by atoms with E-state index in [-0.39, 0.29) is 12.2 Å². The Hall–Kier alpha value is -1.84. The van der Waals surface area contributed by atoms with Crippen LogP contribution in [-0.4, -0.2) is 25.7 Å². The van der Waals surface area contributed by atoms with Gasteiger partial charge < -0.3 is 9.57 Å². The molecule has 0 aromatic heterocycles. The molecule has 0 aliphatic carbocycles. The molecule has 16 heavy (non-hydrogen) atoms. The van der Waals surface area contributed by atoms with Crippen LogP contribution < -0.4 is 4.74 Å². The van der Waals surface area contributed by atoms with Gasteiger partial charge in [0.05, 0.1) is 12.8 Å². The third-order valence-electron chi connectivity index (χ3n) is 1.94. The highest BCUT2D eigenvalue weighted by molar-refractivity contribution is 6.03. The average Bonchev–Trinajstić information content (AvgIpc) is 2.30. The van der Waals surface area contributed by atoms with Gasteiger partial charge in [0, 0.05) is 12.0 Å². The Morgan fingerprint density at radius 3 is 2.62 bits per heavy atom. The predicted molar refractivity (Wildman–Crippen MR) is 62.1 cm³/mol. The molecule has 1 rings (SSSR count). The molecule has 0 spiro atoms. The highest BCUT2D eigenvalue weighted by atomic mass is 16.6. The molecule has 0 aliphatic heterocycles. The van der Waals surface area contributed by atoms with Gasteiger partial charge in [-0.05, 0) is 31.2 Å². The minimum Gasteiger partial charge on any atom is -0.494 e. The Morgan fingerprint density at radius 1 is 1.38 bits per heavy atom. The molecule has 4 heteroatoms. The first-order valence-corrected chi connectivity index (χ1v) is 5.09. The van der Waals surface area contributed by atoms with Crippen molar-refractivity contribution in [2.75, 3.05) is 13.7 Å². The molecule has 0 saturated carbocycles. The molecule has 0 fully saturated rings. The van der Waals surface area contributed by atoms with Crippen LogP contribution in [0.3, 0.4) is 0 Å². The lowest BCUT2D eigenvalue weighted by Gasteiger charge is -2.03. The van der Waals surface area contributed by atoms with Gasteiger partial charge in [0.25, 0.3) is 0 Å². The van der Waals surface area contributed by atoms with Gasteiger partial charge in [0.2, 0.25) is 0 Å². The van der Waals surface area contributed by atoms with Crippen molar-refractivity contribution in [1.29, 1.82) is 0 Å². The number of rotatable bonds is 6. The first kappa shape index (κ1) is 12.2. The SMILES string of the molecule is CCOc1ccc(C(=O)C/C=N/OC)cc1. The normalized spacial score (nSPS) is 10.4. The first-order chi connectivity index (χ1) is 7.77. The smallest absolute Gasteiger partial charge is 0.168 e. The number of hydrogen-bond donors (Lipinski definition) is 0. The molecule has 0 atom stereocenters. The van der Waals surface area contributed by atoms with Crippen LogP contribution in [0.1, 0.15) is 23.7 Å². The zero-order valence-electron chi connectivity index (χ0n) is 9.47. The van der Waals surface area contributed by atoms with Crippen LogP contribution in [0.5, 0.6) is 5.75 Å². The summed E-state index contributed by atoms with van der Waals surface area (Å²) < 4.78 is 5.28.